The number of thiocarbonyl (C=S) groups is 1. The number of amides is 1. The second kappa shape index (κ2) is 4.34. The zero-order chi connectivity index (χ0) is 8.10. The molecule has 4 heteroatoms. The topological polar surface area (TPSA) is 38.7 Å². The van der Waals surface area contributed by atoms with E-state index in [9.17, 15) is 4.79 Å². The van der Waals surface area contributed by atoms with Gasteiger partial charge in [0.05, 0.1) is 5.16 Å². The van der Waals surface area contributed by atoms with Gasteiger partial charge in [-0.15, -0.1) is 0 Å². The first kappa shape index (κ1) is 8.53. The number of carbonyl (C=O) groups excluding carboxylic acids is 1. The number of carbonyl (C=O) groups is 1. The molecule has 0 aromatic carbocycles. The average molecular weight is 171 g/mol. The molecular weight excluding hydrogens is 162 g/mol. The summed E-state index contributed by atoms with van der Waals surface area (Å²) in [5.41, 5.74) is 0. The van der Waals surface area contributed by atoms with Crippen LogP contribution in [0.4, 0.5) is 0 Å². The van der Waals surface area contributed by atoms with E-state index >= 15 is 0 Å². The molecule has 60 valence electrons. The van der Waals surface area contributed by atoms with Crippen LogP contribution in [0.2, 0.25) is 0 Å². The maximum atomic E-state index is 11.0. The number of isothiocyanates is 1. The molecule has 0 aromatic rings. The molecule has 0 saturated carbocycles. The maximum Gasteiger partial charge on any atom is 0.257 e. The van der Waals surface area contributed by atoms with Gasteiger partial charge in [0.1, 0.15) is 0 Å². The molecule has 0 bridgehead atoms. The Bertz CT molecular complexity index is 193. The molecule has 0 unspecified atom stereocenters. The van der Waals surface area contributed by atoms with Crippen LogP contribution in [0.1, 0.15) is 12.8 Å². The monoisotopic (exact) mass is 171 g/mol. The van der Waals surface area contributed by atoms with E-state index in [1.807, 2.05) is 0 Å². The van der Waals surface area contributed by atoms with Crippen molar-refractivity contribution in [1.82, 2.24) is 0 Å². The lowest BCUT2D eigenvalue weighted by Crippen LogP contribution is -2.21. The molecule has 1 amide bonds. The molecule has 11 heavy (non-hydrogen) atoms. The Balaban J connectivity index is 2.44. The maximum absolute atomic E-state index is 11.0. The Morgan fingerprint density at radius 1 is 1.55 bits per heavy atom. The number of hydrogen-bond donors (Lipinski definition) is 0. The molecule has 1 heterocycles. The summed E-state index contributed by atoms with van der Waals surface area (Å²) in [6, 6.07) is 0. The van der Waals surface area contributed by atoms with Crippen molar-refractivity contribution in [3.05, 3.63) is 0 Å². The predicted octanol–water partition coefficient (Wildman–Crippen LogP) is 1.04. The molecule has 0 N–H and O–H groups in total. The highest BCUT2D eigenvalue weighted by Gasteiger charge is 2.20. The average Bonchev–Trinajstić information content (AvgIpc) is 2.07. The van der Waals surface area contributed by atoms with Gasteiger partial charge in [-0.1, -0.05) is 0 Å². The summed E-state index contributed by atoms with van der Waals surface area (Å²) >= 11 is 4.33. The fraction of sp³-hybridized carbons (Fsp3) is 0.714. The first-order chi connectivity index (χ1) is 5.34. The van der Waals surface area contributed by atoms with Crippen LogP contribution in [0.3, 0.4) is 0 Å². The van der Waals surface area contributed by atoms with Gasteiger partial charge in [0.25, 0.3) is 5.91 Å². The van der Waals surface area contributed by atoms with E-state index in [1.165, 1.54) is 0 Å². The van der Waals surface area contributed by atoms with Crippen LogP contribution in [0.15, 0.2) is 4.99 Å². The first-order valence-corrected chi connectivity index (χ1v) is 3.95. The van der Waals surface area contributed by atoms with Crippen LogP contribution in [0.5, 0.6) is 0 Å². The van der Waals surface area contributed by atoms with Crippen molar-refractivity contribution in [1.29, 1.82) is 0 Å². The molecule has 0 radical (unpaired) electrons. The van der Waals surface area contributed by atoms with Crippen molar-refractivity contribution in [2.45, 2.75) is 12.8 Å². The molecule has 0 aliphatic carbocycles. The molecular formula is C7H9NO2S. The van der Waals surface area contributed by atoms with Gasteiger partial charge in [-0.05, 0) is 25.1 Å². The molecule has 0 aromatic heterocycles. The quantitative estimate of drug-likeness (QED) is 0.437. The molecule has 1 aliphatic heterocycles. The second-order valence-corrected chi connectivity index (χ2v) is 2.61. The Morgan fingerprint density at radius 3 is 2.73 bits per heavy atom. The van der Waals surface area contributed by atoms with Gasteiger partial charge in [-0.2, -0.15) is 4.99 Å². The molecule has 3 nitrogen and oxygen atoms in total. The van der Waals surface area contributed by atoms with E-state index in [-0.39, 0.29) is 11.8 Å². The number of rotatable bonds is 1. The van der Waals surface area contributed by atoms with Gasteiger partial charge in [-0.25, -0.2) is 0 Å². The minimum Gasteiger partial charge on any atom is -0.381 e. The normalized spacial score (nSPS) is 18.9. The van der Waals surface area contributed by atoms with Gasteiger partial charge in [0, 0.05) is 19.1 Å². The zero-order valence-electron chi connectivity index (χ0n) is 6.08. The lowest BCUT2D eigenvalue weighted by molar-refractivity contribution is -0.124. The van der Waals surface area contributed by atoms with Gasteiger partial charge >= 0.3 is 0 Å². The molecule has 0 spiro atoms. The fourth-order valence-electron chi connectivity index (χ4n) is 1.08. The number of ether oxygens (including phenoxy) is 1. The van der Waals surface area contributed by atoms with E-state index in [0.717, 1.165) is 12.8 Å². The molecule has 1 aliphatic rings. The Labute approximate surface area is 70.5 Å². The summed E-state index contributed by atoms with van der Waals surface area (Å²) in [6.07, 6.45) is 1.53. The first-order valence-electron chi connectivity index (χ1n) is 3.54. The van der Waals surface area contributed by atoms with E-state index in [2.05, 4.69) is 22.4 Å². The largest absolute Gasteiger partial charge is 0.381 e. The summed E-state index contributed by atoms with van der Waals surface area (Å²) in [7, 11) is 0. The SMILES string of the molecule is O=C(N=C=S)C1CCOCC1. The van der Waals surface area contributed by atoms with Crippen molar-refractivity contribution >= 4 is 23.3 Å². The van der Waals surface area contributed by atoms with Gasteiger partial charge in [0.2, 0.25) is 0 Å². The van der Waals surface area contributed by atoms with Crippen LogP contribution >= 0.6 is 12.2 Å². The molecule has 0 atom stereocenters. The second-order valence-electron chi connectivity index (χ2n) is 2.43. The van der Waals surface area contributed by atoms with E-state index in [0.29, 0.717) is 13.2 Å². The van der Waals surface area contributed by atoms with Crippen LogP contribution in [0, 0.1) is 5.92 Å². The summed E-state index contributed by atoms with van der Waals surface area (Å²) in [5, 5.41) is 2.08. The van der Waals surface area contributed by atoms with Crippen LogP contribution in [-0.2, 0) is 9.53 Å². The Hall–Kier alpha value is -0.570. The van der Waals surface area contributed by atoms with Crippen molar-refractivity contribution < 1.29 is 9.53 Å². The van der Waals surface area contributed by atoms with Crippen LogP contribution < -0.4 is 0 Å². The summed E-state index contributed by atoms with van der Waals surface area (Å²) in [4.78, 5) is 14.5. The van der Waals surface area contributed by atoms with E-state index in [4.69, 9.17) is 4.74 Å². The minimum absolute atomic E-state index is 0.0131. The van der Waals surface area contributed by atoms with Crippen molar-refractivity contribution in [3.63, 3.8) is 0 Å². The molecule has 1 fully saturated rings. The summed E-state index contributed by atoms with van der Waals surface area (Å²) < 4.78 is 5.09. The van der Waals surface area contributed by atoms with Gasteiger partial charge < -0.3 is 4.74 Å². The van der Waals surface area contributed by atoms with E-state index in [1.54, 1.807) is 0 Å². The third-order valence-corrected chi connectivity index (χ3v) is 1.82. The number of aliphatic imine (C=N–C) groups is 1. The van der Waals surface area contributed by atoms with Crippen molar-refractivity contribution in [3.8, 4) is 0 Å². The van der Waals surface area contributed by atoms with E-state index < -0.39 is 0 Å². The lowest BCUT2D eigenvalue weighted by atomic mass is 10.00. The number of hydrogen-bond acceptors (Lipinski definition) is 3. The predicted molar refractivity (Wildman–Crippen MR) is 43.6 cm³/mol. The lowest BCUT2D eigenvalue weighted by Gasteiger charge is -2.17. The highest BCUT2D eigenvalue weighted by Crippen LogP contribution is 2.15. The smallest absolute Gasteiger partial charge is 0.257 e. The highest BCUT2D eigenvalue weighted by molar-refractivity contribution is 7.78. The van der Waals surface area contributed by atoms with Crippen LogP contribution in [-0.4, -0.2) is 24.3 Å². The number of nitrogens with zero attached hydrogens (tertiary/aromatic N) is 1. The Kier molecular flexibility index (Phi) is 3.36. The van der Waals surface area contributed by atoms with Crippen molar-refractivity contribution in [2.24, 2.45) is 10.9 Å². The van der Waals surface area contributed by atoms with Crippen molar-refractivity contribution in [2.75, 3.05) is 13.2 Å². The van der Waals surface area contributed by atoms with Gasteiger partial charge in [-0.3, -0.25) is 4.79 Å². The van der Waals surface area contributed by atoms with Gasteiger partial charge in [0.15, 0.2) is 0 Å². The Morgan fingerprint density at radius 2 is 2.18 bits per heavy atom. The standard InChI is InChI=1S/C7H9NO2S/c9-7(8-5-11)6-1-3-10-4-2-6/h6H,1-4H2. The minimum atomic E-state index is -0.150. The fourth-order valence-corrected chi connectivity index (χ4v) is 1.17. The zero-order valence-corrected chi connectivity index (χ0v) is 6.89. The molecule has 1 saturated heterocycles. The summed E-state index contributed by atoms with van der Waals surface area (Å²) in [5.74, 6) is -0.137. The third kappa shape index (κ3) is 2.50. The highest BCUT2D eigenvalue weighted by atomic mass is 32.1. The third-order valence-electron chi connectivity index (χ3n) is 1.73. The van der Waals surface area contributed by atoms with Crippen LogP contribution in [0.25, 0.3) is 0 Å². The summed E-state index contributed by atoms with van der Waals surface area (Å²) in [6.45, 7) is 1.31. The molecule has 1 rings (SSSR count).